The van der Waals surface area contributed by atoms with E-state index in [1.165, 1.54) is 6.92 Å². The summed E-state index contributed by atoms with van der Waals surface area (Å²) in [7, 11) is -2.44. The minimum absolute atomic E-state index is 0. The molecule has 0 amide bonds. The van der Waals surface area contributed by atoms with Crippen molar-refractivity contribution >= 4 is 19.3 Å². The van der Waals surface area contributed by atoms with Gasteiger partial charge in [-0.15, -0.1) is 0 Å². The molecule has 1 N–H and O–H groups in total. The third-order valence-electron chi connectivity index (χ3n) is 1.64. The zero-order valence-electron chi connectivity index (χ0n) is 8.14. The van der Waals surface area contributed by atoms with Gasteiger partial charge < -0.3 is 9.63 Å². The molecule has 0 radical (unpaired) electrons. The van der Waals surface area contributed by atoms with Crippen molar-refractivity contribution in [1.82, 2.24) is 0 Å². The van der Waals surface area contributed by atoms with Crippen LogP contribution in [-0.4, -0.2) is 17.2 Å². The SMILES string of the molecule is CC(O[PH](=O)c1ccccc1)C(=O)O.[Ce]. The molecule has 6 heteroatoms. The van der Waals surface area contributed by atoms with Gasteiger partial charge in [0.1, 0.15) is 0 Å². The second-order valence-corrected chi connectivity index (χ2v) is 4.14. The Morgan fingerprint density at radius 1 is 1.40 bits per heavy atom. The van der Waals surface area contributed by atoms with Gasteiger partial charge in [0.25, 0.3) is 0 Å². The van der Waals surface area contributed by atoms with Crippen molar-refractivity contribution in [2.24, 2.45) is 0 Å². The van der Waals surface area contributed by atoms with Crippen LogP contribution in [0.5, 0.6) is 0 Å². The molecule has 1 rings (SSSR count). The van der Waals surface area contributed by atoms with Crippen LogP contribution >= 0.6 is 8.03 Å². The van der Waals surface area contributed by atoms with Gasteiger partial charge in [-0.05, 0) is 19.1 Å². The van der Waals surface area contributed by atoms with E-state index in [-0.39, 0.29) is 41.7 Å². The van der Waals surface area contributed by atoms with Gasteiger partial charge in [0.2, 0.25) is 8.03 Å². The Morgan fingerprint density at radius 3 is 2.40 bits per heavy atom. The summed E-state index contributed by atoms with van der Waals surface area (Å²) in [5, 5.41) is 9.06. The summed E-state index contributed by atoms with van der Waals surface area (Å²) in [5.41, 5.74) is 0. The van der Waals surface area contributed by atoms with Crippen molar-refractivity contribution in [3.8, 4) is 0 Å². The molecule has 1 aromatic carbocycles. The Bertz CT molecular complexity index is 341. The molecule has 0 aromatic heterocycles. The number of carboxylic acids is 1. The molecule has 2 unspecified atom stereocenters. The normalized spacial score (nSPS) is 13.7. The Morgan fingerprint density at radius 2 is 1.93 bits per heavy atom. The quantitative estimate of drug-likeness (QED) is 0.828. The molecule has 0 spiro atoms. The summed E-state index contributed by atoms with van der Waals surface area (Å²) in [4.78, 5) is 10.4. The van der Waals surface area contributed by atoms with Gasteiger partial charge in [-0.3, -0.25) is 4.57 Å². The van der Waals surface area contributed by atoms with Gasteiger partial charge in [0, 0.05) is 47.1 Å². The van der Waals surface area contributed by atoms with E-state index >= 15 is 0 Å². The average molecular weight is 354 g/mol. The van der Waals surface area contributed by atoms with Crippen molar-refractivity contribution in [3.05, 3.63) is 30.3 Å². The van der Waals surface area contributed by atoms with E-state index in [1.807, 2.05) is 0 Å². The summed E-state index contributed by atoms with van der Waals surface area (Å²) >= 11 is 0. The Kier molecular flexibility index (Phi) is 7.65. The van der Waals surface area contributed by atoms with E-state index in [9.17, 15) is 9.36 Å². The fraction of sp³-hybridized carbons (Fsp3) is 0.222. The van der Waals surface area contributed by atoms with Crippen LogP contribution in [0.3, 0.4) is 0 Å². The third-order valence-corrected chi connectivity index (χ3v) is 3.01. The van der Waals surface area contributed by atoms with E-state index < -0.39 is 20.1 Å². The van der Waals surface area contributed by atoms with Gasteiger partial charge in [-0.1, -0.05) is 18.2 Å². The van der Waals surface area contributed by atoms with Crippen molar-refractivity contribution in [3.63, 3.8) is 0 Å². The van der Waals surface area contributed by atoms with Crippen molar-refractivity contribution in [2.75, 3.05) is 0 Å². The second-order valence-electron chi connectivity index (χ2n) is 2.75. The number of rotatable bonds is 4. The van der Waals surface area contributed by atoms with Crippen LogP contribution in [0.15, 0.2) is 30.3 Å². The number of hydrogen-bond donors (Lipinski definition) is 1. The number of carboxylic acid groups (broad SMARTS) is 1. The van der Waals surface area contributed by atoms with E-state index in [2.05, 4.69) is 0 Å². The van der Waals surface area contributed by atoms with E-state index in [1.54, 1.807) is 30.3 Å². The maximum absolute atomic E-state index is 11.5. The van der Waals surface area contributed by atoms with Crippen molar-refractivity contribution < 1.29 is 60.7 Å². The smallest absolute Gasteiger partial charge is 0.333 e. The first-order valence-corrected chi connectivity index (χ1v) is 5.41. The maximum atomic E-state index is 11.5. The summed E-state index contributed by atoms with van der Waals surface area (Å²) in [6.07, 6.45) is -1.04. The third kappa shape index (κ3) is 5.22. The summed E-state index contributed by atoms with van der Waals surface area (Å²) in [6.45, 7) is 1.36. The molecule has 0 aliphatic carbocycles. The number of aliphatic carboxylic acids is 1. The zero-order chi connectivity index (χ0) is 10.6. The molecule has 15 heavy (non-hydrogen) atoms. The number of carbonyl (C=O) groups is 1. The molecule has 0 fully saturated rings. The number of benzene rings is 1. The van der Waals surface area contributed by atoms with Crippen LogP contribution < -0.4 is 5.30 Å². The first-order valence-electron chi connectivity index (χ1n) is 4.10. The van der Waals surface area contributed by atoms with E-state index in [0.717, 1.165) is 0 Å². The standard InChI is InChI=1S/C9H11O4P.Ce/c1-7(9(10)11)13-14(12)8-5-3-2-4-6-8;/h2-7,14H,1H3,(H,10,11);. The second kappa shape index (κ2) is 7.52. The van der Waals surface area contributed by atoms with Gasteiger partial charge in [0.05, 0.1) is 0 Å². The molecule has 2 atom stereocenters. The molecule has 4 nitrogen and oxygen atoms in total. The summed E-state index contributed by atoms with van der Waals surface area (Å²) in [6, 6.07) is 8.55. The van der Waals surface area contributed by atoms with Crippen LogP contribution in [0.1, 0.15) is 6.92 Å². The van der Waals surface area contributed by atoms with Gasteiger partial charge in [0.15, 0.2) is 6.10 Å². The zero-order valence-corrected chi connectivity index (χ0v) is 12.3. The first-order chi connectivity index (χ1) is 6.61. The monoisotopic (exact) mass is 354 g/mol. The molecule has 1 aromatic rings. The molecule has 0 saturated heterocycles. The maximum Gasteiger partial charge on any atom is 0.333 e. The Labute approximate surface area is 122 Å². The number of hydrogen-bond acceptors (Lipinski definition) is 3. The molecular weight excluding hydrogens is 343 g/mol. The largest absolute Gasteiger partial charge is 0.479 e. The molecule has 0 aliphatic rings. The summed E-state index contributed by atoms with van der Waals surface area (Å²) < 4.78 is 16.3. The molecule has 80 valence electrons. The predicted octanol–water partition coefficient (Wildman–Crippen LogP) is 1.28. The van der Waals surface area contributed by atoms with Crippen LogP contribution in [-0.2, 0) is 13.9 Å². The molecular formula is C9H11CeO4P. The van der Waals surface area contributed by atoms with Crippen LogP contribution in [0.2, 0.25) is 0 Å². The fourth-order valence-electron chi connectivity index (χ4n) is 0.853. The predicted molar refractivity (Wildman–Crippen MR) is 53.3 cm³/mol. The van der Waals surface area contributed by atoms with Crippen LogP contribution in [0.25, 0.3) is 0 Å². The van der Waals surface area contributed by atoms with Gasteiger partial charge in [-0.25, -0.2) is 4.79 Å². The van der Waals surface area contributed by atoms with Crippen LogP contribution in [0.4, 0.5) is 0 Å². The van der Waals surface area contributed by atoms with Gasteiger partial charge in [-0.2, -0.15) is 0 Å². The fourth-order valence-corrected chi connectivity index (χ4v) is 1.88. The Balaban J connectivity index is 0.00000196. The van der Waals surface area contributed by atoms with Gasteiger partial charge >= 0.3 is 5.97 Å². The van der Waals surface area contributed by atoms with Crippen molar-refractivity contribution in [1.29, 1.82) is 0 Å². The minimum atomic E-state index is -2.44. The molecule has 0 saturated carbocycles. The topological polar surface area (TPSA) is 63.6 Å². The van der Waals surface area contributed by atoms with E-state index in [4.69, 9.17) is 9.63 Å². The first kappa shape index (κ1) is 15.3. The Hall–Kier alpha value is 0.257. The van der Waals surface area contributed by atoms with Crippen LogP contribution in [0, 0.1) is 41.7 Å². The molecule has 0 heterocycles. The minimum Gasteiger partial charge on any atom is -0.479 e. The molecule has 0 aliphatic heterocycles. The van der Waals surface area contributed by atoms with E-state index in [0.29, 0.717) is 5.30 Å². The summed E-state index contributed by atoms with van der Waals surface area (Å²) in [5.74, 6) is -1.11. The average Bonchev–Trinajstić information content (AvgIpc) is 2.19. The van der Waals surface area contributed by atoms with Crippen molar-refractivity contribution in [2.45, 2.75) is 13.0 Å². The molecule has 0 bridgehead atoms.